The van der Waals surface area contributed by atoms with Crippen LogP contribution in [0.25, 0.3) is 11.1 Å². The fourth-order valence-electron chi connectivity index (χ4n) is 5.38. The second-order valence-electron chi connectivity index (χ2n) is 12.3. The molecule has 18 heteroatoms. The van der Waals surface area contributed by atoms with Gasteiger partial charge in [-0.3, -0.25) is 4.55 Å². The Labute approximate surface area is 355 Å². The van der Waals surface area contributed by atoms with E-state index >= 15 is 0 Å². The van der Waals surface area contributed by atoms with Crippen molar-refractivity contribution in [3.63, 3.8) is 0 Å². The number of azo groups is 3. The molecule has 0 saturated heterocycles. The van der Waals surface area contributed by atoms with E-state index in [2.05, 4.69) is 36.0 Å². The molecule has 0 saturated carbocycles. The number of aryl methyl sites for hydroxylation is 1. The fraction of sp³-hybridized carbons (Fsp3) is 0.0750. The summed E-state index contributed by atoms with van der Waals surface area (Å²) in [4.78, 5) is 10.8. The molecule has 0 fully saturated rings. The predicted molar refractivity (Wildman–Crippen MR) is 217 cm³/mol. The summed E-state index contributed by atoms with van der Waals surface area (Å²) in [5, 5.41) is 47.1. The monoisotopic (exact) mass is 808 g/mol. The van der Waals surface area contributed by atoms with Gasteiger partial charge in [-0.15, -0.1) is 10.2 Å². The number of benzene rings is 6. The number of hydrogen-bond donors (Lipinski definition) is 6. The van der Waals surface area contributed by atoms with Gasteiger partial charge in [-0.2, -0.15) is 28.9 Å². The summed E-state index contributed by atoms with van der Waals surface area (Å²) >= 11 is 0. The molecule has 0 bridgehead atoms. The molecule has 0 aliphatic heterocycles. The largest absolute Gasteiger partial charge is 1.00 e. The van der Waals surface area contributed by atoms with Crippen LogP contribution in [0.5, 0.6) is 11.5 Å². The normalized spacial score (nSPS) is 11.6. The smallest absolute Gasteiger partial charge is 0.507 e. The third kappa shape index (κ3) is 10.5. The summed E-state index contributed by atoms with van der Waals surface area (Å²) in [6, 6.07) is 31.1. The predicted octanol–water partition coefficient (Wildman–Crippen LogP) is 7.87. The Bertz CT molecular complexity index is 2660. The molecule has 6 rings (SSSR count). The van der Waals surface area contributed by atoms with Crippen LogP contribution in [0.3, 0.4) is 0 Å². The van der Waals surface area contributed by atoms with Crippen LogP contribution < -0.4 is 51.1 Å². The van der Waals surface area contributed by atoms with E-state index in [4.69, 9.17) is 16.2 Å². The number of rotatable bonds is 13. The number of carboxylic acids is 1. The van der Waals surface area contributed by atoms with Gasteiger partial charge in [0.2, 0.25) is 0 Å². The molecule has 6 aromatic rings. The summed E-state index contributed by atoms with van der Waals surface area (Å²) in [5.41, 5.74) is 17.7. The molecule has 0 amide bonds. The first-order valence-corrected chi connectivity index (χ1v) is 18.5. The number of phenols is 1. The van der Waals surface area contributed by atoms with E-state index in [-0.39, 0.29) is 80.7 Å². The van der Waals surface area contributed by atoms with E-state index in [0.29, 0.717) is 35.0 Å². The van der Waals surface area contributed by atoms with Crippen molar-refractivity contribution in [1.29, 1.82) is 0 Å². The van der Waals surface area contributed by atoms with Crippen LogP contribution in [0.4, 0.5) is 56.9 Å². The van der Waals surface area contributed by atoms with Crippen molar-refractivity contribution in [1.82, 2.24) is 0 Å². The number of nitrogen functional groups attached to an aromatic ring is 2. The van der Waals surface area contributed by atoms with Gasteiger partial charge >= 0.3 is 35.5 Å². The second kappa shape index (κ2) is 18.6. The topological polar surface area (TPSA) is 259 Å². The van der Waals surface area contributed by atoms with Gasteiger partial charge in [-0.25, -0.2) is 4.79 Å². The molecule has 0 atom stereocenters. The summed E-state index contributed by atoms with van der Waals surface area (Å²) in [7, 11) is -4.67. The first-order chi connectivity index (χ1) is 27.3. The third-order valence-electron chi connectivity index (χ3n) is 8.35. The Morgan fingerprint density at radius 2 is 1.24 bits per heavy atom. The van der Waals surface area contributed by atoms with E-state index in [1.54, 1.807) is 61.5 Å². The summed E-state index contributed by atoms with van der Waals surface area (Å²) < 4.78 is 40.1. The first-order valence-electron chi connectivity index (χ1n) is 17.1. The Morgan fingerprint density at radius 1 is 0.707 bits per heavy atom. The van der Waals surface area contributed by atoms with Crippen molar-refractivity contribution < 1.29 is 62.3 Å². The van der Waals surface area contributed by atoms with Crippen LogP contribution in [0.1, 0.15) is 22.8 Å². The van der Waals surface area contributed by atoms with Gasteiger partial charge in [-0.1, -0.05) is 24.3 Å². The van der Waals surface area contributed by atoms with Gasteiger partial charge in [0, 0.05) is 5.69 Å². The van der Waals surface area contributed by atoms with Gasteiger partial charge in [0.15, 0.2) is 0 Å². The van der Waals surface area contributed by atoms with Gasteiger partial charge in [-0.05, 0) is 122 Å². The number of ether oxygens (including phenoxy) is 1. The number of nitrogens with one attached hydrogen (secondary N) is 1. The summed E-state index contributed by atoms with van der Waals surface area (Å²) in [6.07, 6.45) is 0. The van der Waals surface area contributed by atoms with Crippen LogP contribution in [-0.2, 0) is 10.1 Å². The SMILES string of the molecule is CCOc1ccc(Nc2ccc(N=Nc3c(N)c(C)cc(N=Nc4ccc(-c5ccc(N=Nc6ccc(O)c(C(=O)O)c6)cc5)cc4)c3N)cc2S(=O)(=O)O)cc1.[Na+]. The number of nitrogens with zero attached hydrogens (tertiary/aromatic N) is 6. The maximum Gasteiger partial charge on any atom is 1.00 e. The first kappa shape index (κ1) is 42.6. The van der Waals surface area contributed by atoms with Crippen LogP contribution >= 0.6 is 0 Å². The van der Waals surface area contributed by atoms with Gasteiger partial charge in [0.05, 0.1) is 46.4 Å². The van der Waals surface area contributed by atoms with Crippen LogP contribution in [0.2, 0.25) is 0 Å². The minimum absolute atomic E-state index is 0. The Kier molecular flexibility index (Phi) is 13.7. The van der Waals surface area contributed by atoms with Crippen molar-refractivity contribution in [2.45, 2.75) is 18.7 Å². The van der Waals surface area contributed by atoms with E-state index in [1.165, 1.54) is 36.4 Å². The number of carboxylic acid groups (broad SMARTS) is 1. The van der Waals surface area contributed by atoms with Gasteiger partial charge in [0.1, 0.15) is 33.3 Å². The standard InChI is InChI=1S/C40H35N9O7S.Na/c1-3-56-31-16-12-26(13-17-31)43-33-18-14-30(22-36(33)57(53,54)55)47-49-39-37(41)23(2)20-34(38(39)42)48-45-28-10-6-25(7-11-28)24-4-8-27(9-5-24)44-46-29-15-19-35(50)32(21-29)40(51)52;/h4-22,43,50H,3,41-42H2,1-2H3,(H,51,52)(H,53,54,55);/q;+1. The Morgan fingerprint density at radius 3 is 1.83 bits per heavy atom. The van der Waals surface area contributed by atoms with Gasteiger partial charge < -0.3 is 31.7 Å². The summed E-state index contributed by atoms with van der Waals surface area (Å²) in [5.74, 6) is -0.971. The number of hydrogen-bond acceptors (Lipinski definition) is 14. The quantitative estimate of drug-likeness (QED) is 0.0285. The molecule has 288 valence electrons. The van der Waals surface area contributed by atoms with E-state index in [9.17, 15) is 28.0 Å². The molecule has 16 nitrogen and oxygen atoms in total. The number of aromatic carboxylic acids is 1. The maximum atomic E-state index is 12.3. The van der Waals surface area contributed by atoms with Crippen LogP contribution in [0, 0.1) is 6.92 Å². The fourth-order valence-corrected chi connectivity index (χ4v) is 6.05. The summed E-state index contributed by atoms with van der Waals surface area (Å²) in [6.45, 7) is 4.11. The van der Waals surface area contributed by atoms with Gasteiger partial charge in [0.25, 0.3) is 10.1 Å². The van der Waals surface area contributed by atoms with Crippen molar-refractivity contribution in [2.75, 3.05) is 23.4 Å². The number of anilines is 4. The molecule has 0 spiro atoms. The average Bonchev–Trinajstić information content (AvgIpc) is 3.19. The molecule has 0 unspecified atom stereocenters. The molecule has 0 aromatic heterocycles. The van der Waals surface area contributed by atoms with E-state index in [0.717, 1.165) is 11.1 Å². The van der Waals surface area contributed by atoms with Crippen molar-refractivity contribution in [3.05, 3.63) is 126 Å². The molecule has 58 heavy (non-hydrogen) atoms. The zero-order valence-corrected chi connectivity index (χ0v) is 34.2. The molecular formula is C40H35N9NaO7S+. The maximum absolute atomic E-state index is 12.3. The molecule has 0 radical (unpaired) electrons. The van der Waals surface area contributed by atoms with E-state index < -0.39 is 21.0 Å². The third-order valence-corrected chi connectivity index (χ3v) is 9.24. The van der Waals surface area contributed by atoms with Crippen LogP contribution in [0.15, 0.2) is 151 Å². The van der Waals surface area contributed by atoms with Crippen molar-refractivity contribution in [2.24, 2.45) is 30.7 Å². The molecule has 0 aliphatic carbocycles. The zero-order valence-electron chi connectivity index (χ0n) is 31.4. The van der Waals surface area contributed by atoms with Crippen molar-refractivity contribution in [3.8, 4) is 22.6 Å². The Hall–Kier alpha value is -6.50. The molecule has 0 heterocycles. The zero-order chi connectivity index (χ0) is 40.7. The molecular weight excluding hydrogens is 774 g/mol. The number of aromatic hydroxyl groups is 1. The number of carbonyl (C=O) groups is 1. The second-order valence-corrected chi connectivity index (χ2v) is 13.7. The molecule has 6 aromatic carbocycles. The van der Waals surface area contributed by atoms with E-state index in [1.807, 2.05) is 31.2 Å². The van der Waals surface area contributed by atoms with Crippen molar-refractivity contribution >= 4 is 73.0 Å². The minimum Gasteiger partial charge on any atom is -0.507 e. The molecule has 0 aliphatic rings. The molecule has 8 N–H and O–H groups in total. The van der Waals surface area contributed by atoms with Crippen LogP contribution in [-0.4, -0.2) is 35.8 Å². The number of nitrogens with two attached hydrogens (primary N) is 2. The average molecular weight is 809 g/mol. The minimum atomic E-state index is -4.67. The Balaban J connectivity index is 0.00000641.